The van der Waals surface area contributed by atoms with E-state index < -0.39 is 29.6 Å². The van der Waals surface area contributed by atoms with Crippen LogP contribution in [0.2, 0.25) is 0 Å². The highest BCUT2D eigenvalue weighted by atomic mass is 16.6. The fourth-order valence-electron chi connectivity index (χ4n) is 3.39. The molecule has 1 unspecified atom stereocenters. The van der Waals surface area contributed by atoms with Gasteiger partial charge in [0, 0.05) is 38.8 Å². The van der Waals surface area contributed by atoms with E-state index in [1.807, 2.05) is 20.8 Å². The van der Waals surface area contributed by atoms with Crippen LogP contribution in [0.3, 0.4) is 0 Å². The normalized spacial score (nSPS) is 16.7. The third kappa shape index (κ3) is 7.92. The SMILES string of the molecule is CC(NC(=O)OCCN1CCN(C(=O)OC(C)(C)C)CC1)[C@@H](C(=O)O)c1ccc(O)cc1. The molecule has 10 nitrogen and oxygen atoms in total. The lowest BCUT2D eigenvalue weighted by atomic mass is 9.92. The number of carbonyl (C=O) groups excluding carboxylic acids is 2. The van der Waals surface area contributed by atoms with Crippen molar-refractivity contribution in [2.75, 3.05) is 39.3 Å². The number of ether oxygens (including phenoxy) is 2. The van der Waals surface area contributed by atoms with Gasteiger partial charge >= 0.3 is 18.2 Å². The number of phenols is 1. The first-order chi connectivity index (χ1) is 15.0. The van der Waals surface area contributed by atoms with E-state index in [0.717, 1.165) is 0 Å². The molecule has 0 radical (unpaired) electrons. The number of amides is 2. The summed E-state index contributed by atoms with van der Waals surface area (Å²) in [5.41, 5.74) is -0.0694. The van der Waals surface area contributed by atoms with Crippen molar-refractivity contribution >= 4 is 18.2 Å². The minimum Gasteiger partial charge on any atom is -0.508 e. The Morgan fingerprint density at radius 3 is 2.22 bits per heavy atom. The predicted octanol–water partition coefficient (Wildman–Crippen LogP) is 2.23. The average Bonchev–Trinajstić information content (AvgIpc) is 2.68. The molecule has 0 spiro atoms. The second-order valence-corrected chi connectivity index (χ2v) is 8.79. The van der Waals surface area contributed by atoms with Crippen LogP contribution in [-0.2, 0) is 14.3 Å². The Labute approximate surface area is 188 Å². The first-order valence-electron chi connectivity index (χ1n) is 10.6. The zero-order chi connectivity index (χ0) is 23.9. The van der Waals surface area contributed by atoms with Gasteiger partial charge in [-0.15, -0.1) is 0 Å². The van der Waals surface area contributed by atoms with Crippen LogP contribution in [0, 0.1) is 0 Å². The Kier molecular flexibility index (Phi) is 8.71. The van der Waals surface area contributed by atoms with E-state index in [1.165, 1.54) is 24.3 Å². The van der Waals surface area contributed by atoms with Crippen molar-refractivity contribution < 1.29 is 34.1 Å². The molecule has 0 bridgehead atoms. The first kappa shape index (κ1) is 25.3. The number of piperazine rings is 1. The second kappa shape index (κ2) is 11.0. The Hall–Kier alpha value is -3.01. The molecule has 178 valence electrons. The van der Waals surface area contributed by atoms with Gasteiger partial charge in [-0.05, 0) is 45.4 Å². The number of aliphatic carboxylic acids is 1. The maximum atomic E-state index is 12.1. The summed E-state index contributed by atoms with van der Waals surface area (Å²) in [6.07, 6.45) is -1.03. The number of hydrogen-bond acceptors (Lipinski definition) is 7. The third-order valence-electron chi connectivity index (χ3n) is 5.03. The van der Waals surface area contributed by atoms with Gasteiger partial charge in [0.05, 0.1) is 0 Å². The Morgan fingerprint density at radius 1 is 1.09 bits per heavy atom. The quantitative estimate of drug-likeness (QED) is 0.576. The molecule has 10 heteroatoms. The fourth-order valence-corrected chi connectivity index (χ4v) is 3.39. The third-order valence-corrected chi connectivity index (χ3v) is 5.03. The van der Waals surface area contributed by atoms with Crippen molar-refractivity contribution in [3.8, 4) is 5.75 Å². The minimum atomic E-state index is -1.09. The molecule has 2 atom stereocenters. The van der Waals surface area contributed by atoms with Gasteiger partial charge in [0.15, 0.2) is 0 Å². The van der Waals surface area contributed by atoms with E-state index in [4.69, 9.17) is 9.47 Å². The van der Waals surface area contributed by atoms with E-state index in [2.05, 4.69) is 10.2 Å². The molecule has 1 fully saturated rings. The molecule has 2 rings (SSSR count). The van der Waals surface area contributed by atoms with E-state index in [0.29, 0.717) is 38.3 Å². The van der Waals surface area contributed by atoms with Crippen molar-refractivity contribution in [3.05, 3.63) is 29.8 Å². The van der Waals surface area contributed by atoms with Gasteiger partial charge in [0.1, 0.15) is 23.9 Å². The molecule has 1 aliphatic heterocycles. The number of benzene rings is 1. The van der Waals surface area contributed by atoms with Gasteiger partial charge in [-0.3, -0.25) is 9.69 Å². The number of alkyl carbamates (subject to hydrolysis) is 1. The molecule has 32 heavy (non-hydrogen) atoms. The fraction of sp³-hybridized carbons (Fsp3) is 0.591. The lowest BCUT2D eigenvalue weighted by Gasteiger charge is -2.35. The van der Waals surface area contributed by atoms with Crippen LogP contribution in [0.5, 0.6) is 5.75 Å². The minimum absolute atomic E-state index is 0.0323. The molecule has 3 N–H and O–H groups in total. The van der Waals surface area contributed by atoms with Crippen molar-refractivity contribution in [1.82, 2.24) is 15.1 Å². The largest absolute Gasteiger partial charge is 0.508 e. The predicted molar refractivity (Wildman–Crippen MR) is 117 cm³/mol. The molecule has 1 aromatic carbocycles. The summed E-state index contributed by atoms with van der Waals surface area (Å²) in [5, 5.41) is 21.5. The Morgan fingerprint density at radius 2 is 1.69 bits per heavy atom. The van der Waals surface area contributed by atoms with Crippen LogP contribution in [0.4, 0.5) is 9.59 Å². The zero-order valence-electron chi connectivity index (χ0n) is 19.0. The molecule has 1 heterocycles. The summed E-state index contributed by atoms with van der Waals surface area (Å²) in [7, 11) is 0. The molecule has 0 aromatic heterocycles. The van der Waals surface area contributed by atoms with Crippen molar-refractivity contribution in [3.63, 3.8) is 0 Å². The van der Waals surface area contributed by atoms with Crippen LogP contribution in [0.25, 0.3) is 0 Å². The molecule has 0 saturated carbocycles. The molecule has 1 aromatic rings. The van der Waals surface area contributed by atoms with E-state index >= 15 is 0 Å². The van der Waals surface area contributed by atoms with Crippen LogP contribution in [0.15, 0.2) is 24.3 Å². The Bertz CT molecular complexity index is 784. The summed E-state index contributed by atoms with van der Waals surface area (Å²) < 4.78 is 10.6. The van der Waals surface area contributed by atoms with E-state index in [-0.39, 0.29) is 18.4 Å². The standard InChI is InChI=1S/C22H33N3O7/c1-15(18(19(27)28)16-5-7-17(26)8-6-16)23-20(29)31-14-13-24-9-11-25(12-10-24)21(30)32-22(2,3)4/h5-8,15,18,26H,9-14H2,1-4H3,(H,23,29)(H,27,28)/t15?,18-/m1/s1. The highest BCUT2D eigenvalue weighted by Gasteiger charge is 2.29. The summed E-state index contributed by atoms with van der Waals surface area (Å²) in [4.78, 5) is 39.6. The molecular weight excluding hydrogens is 418 g/mol. The van der Waals surface area contributed by atoms with Crippen LogP contribution in [0.1, 0.15) is 39.2 Å². The lowest BCUT2D eigenvalue weighted by molar-refractivity contribution is -0.139. The number of carboxylic acid groups (broad SMARTS) is 1. The number of phenolic OH excluding ortho intramolecular Hbond substituents is 1. The smallest absolute Gasteiger partial charge is 0.410 e. The topological polar surface area (TPSA) is 129 Å². The number of rotatable bonds is 7. The van der Waals surface area contributed by atoms with Crippen molar-refractivity contribution in [2.45, 2.75) is 45.3 Å². The number of carbonyl (C=O) groups is 3. The van der Waals surface area contributed by atoms with Gasteiger partial charge < -0.3 is 29.9 Å². The van der Waals surface area contributed by atoms with Gasteiger partial charge in [0.25, 0.3) is 0 Å². The van der Waals surface area contributed by atoms with Crippen molar-refractivity contribution in [2.24, 2.45) is 0 Å². The monoisotopic (exact) mass is 451 g/mol. The molecule has 0 aliphatic carbocycles. The second-order valence-electron chi connectivity index (χ2n) is 8.79. The van der Waals surface area contributed by atoms with Crippen LogP contribution < -0.4 is 5.32 Å². The summed E-state index contributed by atoms with van der Waals surface area (Å²) in [6, 6.07) is 5.10. The van der Waals surface area contributed by atoms with E-state index in [9.17, 15) is 24.6 Å². The van der Waals surface area contributed by atoms with Crippen molar-refractivity contribution in [1.29, 1.82) is 0 Å². The van der Waals surface area contributed by atoms with Gasteiger partial charge in [0.2, 0.25) is 0 Å². The van der Waals surface area contributed by atoms with Gasteiger partial charge in [-0.1, -0.05) is 12.1 Å². The maximum Gasteiger partial charge on any atom is 0.410 e. The zero-order valence-corrected chi connectivity index (χ0v) is 19.0. The summed E-state index contributed by atoms with van der Waals surface area (Å²) in [5.74, 6) is -2.04. The number of hydrogen-bond donors (Lipinski definition) is 3. The molecular formula is C22H33N3O7. The number of aromatic hydroxyl groups is 1. The molecule has 2 amide bonds. The van der Waals surface area contributed by atoms with Gasteiger partial charge in [-0.2, -0.15) is 0 Å². The van der Waals surface area contributed by atoms with Crippen LogP contribution >= 0.6 is 0 Å². The highest BCUT2D eigenvalue weighted by Crippen LogP contribution is 2.22. The number of nitrogens with one attached hydrogen (secondary N) is 1. The van der Waals surface area contributed by atoms with Gasteiger partial charge in [-0.25, -0.2) is 9.59 Å². The maximum absolute atomic E-state index is 12.1. The van der Waals surface area contributed by atoms with E-state index in [1.54, 1.807) is 11.8 Å². The first-order valence-corrected chi connectivity index (χ1v) is 10.6. The summed E-state index contributed by atoms with van der Waals surface area (Å²) >= 11 is 0. The highest BCUT2D eigenvalue weighted by molar-refractivity contribution is 5.78. The lowest BCUT2D eigenvalue weighted by Crippen LogP contribution is -2.50. The average molecular weight is 452 g/mol. The summed E-state index contributed by atoms with van der Waals surface area (Å²) in [6.45, 7) is 10.1. The van der Waals surface area contributed by atoms with Crippen LogP contribution in [-0.4, -0.2) is 89.1 Å². The number of carboxylic acids is 1. The molecule has 1 aliphatic rings. The molecule has 1 saturated heterocycles. The Balaban J connectivity index is 1.73. The number of nitrogens with zero attached hydrogens (tertiary/aromatic N) is 2.